The van der Waals surface area contributed by atoms with Crippen molar-refractivity contribution in [3.63, 3.8) is 0 Å². The molecule has 1 aromatic heterocycles. The van der Waals surface area contributed by atoms with Crippen LogP contribution in [0.5, 0.6) is 0 Å². The number of aliphatic hydroxyl groups excluding tert-OH is 2. The summed E-state index contributed by atoms with van der Waals surface area (Å²) in [4.78, 5) is 33.2. The van der Waals surface area contributed by atoms with Crippen molar-refractivity contribution >= 4 is 28.4 Å². The quantitative estimate of drug-likeness (QED) is 0.259. The smallest absolute Gasteiger partial charge is 0.224 e. The van der Waals surface area contributed by atoms with Crippen molar-refractivity contribution in [3.05, 3.63) is 42.7 Å². The first kappa shape index (κ1) is 27.0. The number of Topliss-reactive ketones (excluding diaryl/α,β-unsaturated/α-hetero) is 1. The van der Waals surface area contributed by atoms with Crippen molar-refractivity contribution in [1.82, 2.24) is 9.97 Å². The molecular weight excluding hydrogens is 442 g/mol. The molecule has 190 valence electrons. The number of carbonyl (C=O) groups is 2. The van der Waals surface area contributed by atoms with Gasteiger partial charge in [0.2, 0.25) is 5.91 Å². The standard InChI is InChI=1S/C28H39N3O4/c1-2-3-6-9-21(32)13-14-23-22(26(33)19-27(23)34)10-7-4-5-8-11-28(35)31-20-12-15-24-25(18-20)30-17-16-29-24/h12-18,21-23,27,32,34H,2-11,19H2,1H3,(H,31,35)/b14-13+/t21-,22+,23+,27+/m0/s1. The zero-order chi connectivity index (χ0) is 25.0. The molecule has 0 aliphatic heterocycles. The Labute approximate surface area is 208 Å². The molecule has 1 aromatic carbocycles. The van der Waals surface area contributed by atoms with Crippen LogP contribution in [0.4, 0.5) is 5.69 Å². The van der Waals surface area contributed by atoms with Gasteiger partial charge in [0.25, 0.3) is 0 Å². The molecule has 0 radical (unpaired) electrons. The molecule has 1 fully saturated rings. The van der Waals surface area contributed by atoms with Gasteiger partial charge >= 0.3 is 0 Å². The van der Waals surface area contributed by atoms with Crippen LogP contribution in [-0.4, -0.2) is 44.1 Å². The summed E-state index contributed by atoms with van der Waals surface area (Å²) in [5.41, 5.74) is 2.26. The largest absolute Gasteiger partial charge is 0.392 e. The number of carbonyl (C=O) groups excluding carboxylic acids is 2. The van der Waals surface area contributed by atoms with Gasteiger partial charge in [0.15, 0.2) is 0 Å². The Hall–Kier alpha value is -2.64. The number of aliphatic hydroxyl groups is 2. The highest BCUT2D eigenvalue weighted by molar-refractivity contribution is 5.92. The van der Waals surface area contributed by atoms with Gasteiger partial charge in [-0.1, -0.05) is 57.6 Å². The van der Waals surface area contributed by atoms with Crippen LogP contribution in [0.3, 0.4) is 0 Å². The molecule has 1 saturated carbocycles. The molecule has 0 saturated heterocycles. The number of ketones is 1. The maximum atomic E-state index is 12.4. The molecule has 1 aliphatic rings. The van der Waals surface area contributed by atoms with E-state index in [0.29, 0.717) is 12.8 Å². The van der Waals surface area contributed by atoms with Gasteiger partial charge in [-0.05, 0) is 37.5 Å². The third-order valence-electron chi connectivity index (χ3n) is 6.81. The molecule has 1 amide bonds. The predicted octanol–water partition coefficient (Wildman–Crippen LogP) is 4.97. The van der Waals surface area contributed by atoms with E-state index in [1.54, 1.807) is 18.5 Å². The number of nitrogens with zero attached hydrogens (tertiary/aromatic N) is 2. The minimum absolute atomic E-state index is 0.0231. The molecule has 2 aromatic rings. The van der Waals surface area contributed by atoms with Crippen molar-refractivity contribution < 1.29 is 19.8 Å². The van der Waals surface area contributed by atoms with Crippen molar-refractivity contribution in [1.29, 1.82) is 0 Å². The van der Waals surface area contributed by atoms with Crippen molar-refractivity contribution in [3.8, 4) is 0 Å². The lowest BCUT2D eigenvalue weighted by Gasteiger charge is -2.18. The first-order chi connectivity index (χ1) is 17.0. The normalized spacial score (nSPS) is 21.1. The van der Waals surface area contributed by atoms with E-state index in [2.05, 4.69) is 22.2 Å². The molecule has 1 heterocycles. The summed E-state index contributed by atoms with van der Waals surface area (Å²) in [6, 6.07) is 5.49. The molecule has 35 heavy (non-hydrogen) atoms. The van der Waals surface area contributed by atoms with Crippen molar-refractivity contribution in [2.45, 2.75) is 89.8 Å². The topological polar surface area (TPSA) is 112 Å². The van der Waals surface area contributed by atoms with E-state index in [0.717, 1.165) is 68.1 Å². The van der Waals surface area contributed by atoms with Crippen LogP contribution < -0.4 is 5.32 Å². The number of nitrogens with one attached hydrogen (secondary N) is 1. The molecule has 1 aliphatic carbocycles. The van der Waals surface area contributed by atoms with Gasteiger partial charge < -0.3 is 15.5 Å². The van der Waals surface area contributed by atoms with Crippen LogP contribution in [0.15, 0.2) is 42.7 Å². The van der Waals surface area contributed by atoms with E-state index in [9.17, 15) is 19.8 Å². The number of hydrogen-bond acceptors (Lipinski definition) is 6. The summed E-state index contributed by atoms with van der Waals surface area (Å²) < 4.78 is 0. The first-order valence-electron chi connectivity index (χ1n) is 13.1. The van der Waals surface area contributed by atoms with Crippen LogP contribution in [0.25, 0.3) is 11.0 Å². The van der Waals surface area contributed by atoms with Gasteiger partial charge in [0.05, 0.1) is 23.2 Å². The van der Waals surface area contributed by atoms with E-state index in [1.165, 1.54) is 0 Å². The third kappa shape index (κ3) is 8.51. The number of fused-ring (bicyclic) bond motifs is 1. The Kier molecular flexibility index (Phi) is 10.8. The number of rotatable bonds is 14. The Morgan fingerprint density at radius 2 is 1.89 bits per heavy atom. The molecular formula is C28H39N3O4. The predicted molar refractivity (Wildman–Crippen MR) is 138 cm³/mol. The average molecular weight is 482 g/mol. The number of aromatic nitrogens is 2. The number of anilines is 1. The fraction of sp³-hybridized carbons (Fsp3) is 0.571. The molecule has 7 nitrogen and oxygen atoms in total. The Balaban J connectivity index is 1.34. The van der Waals surface area contributed by atoms with Gasteiger partial charge in [-0.15, -0.1) is 0 Å². The van der Waals surface area contributed by atoms with Crippen molar-refractivity contribution in [2.75, 3.05) is 5.32 Å². The van der Waals surface area contributed by atoms with E-state index < -0.39 is 12.2 Å². The van der Waals surface area contributed by atoms with Gasteiger partial charge in [-0.2, -0.15) is 0 Å². The van der Waals surface area contributed by atoms with E-state index in [-0.39, 0.29) is 29.9 Å². The summed E-state index contributed by atoms with van der Waals surface area (Å²) in [7, 11) is 0. The monoisotopic (exact) mass is 481 g/mol. The van der Waals surface area contributed by atoms with Crippen LogP contribution in [-0.2, 0) is 9.59 Å². The summed E-state index contributed by atoms with van der Waals surface area (Å²) in [6.45, 7) is 2.13. The highest BCUT2D eigenvalue weighted by Crippen LogP contribution is 2.34. The minimum Gasteiger partial charge on any atom is -0.392 e. The van der Waals surface area contributed by atoms with Crippen LogP contribution >= 0.6 is 0 Å². The number of benzene rings is 1. The van der Waals surface area contributed by atoms with Gasteiger partial charge in [-0.3, -0.25) is 19.6 Å². The molecule has 0 bridgehead atoms. The maximum Gasteiger partial charge on any atom is 0.224 e. The second-order valence-electron chi connectivity index (χ2n) is 9.63. The van der Waals surface area contributed by atoms with Crippen LogP contribution in [0.2, 0.25) is 0 Å². The highest BCUT2D eigenvalue weighted by atomic mass is 16.3. The molecule has 3 N–H and O–H groups in total. The second kappa shape index (κ2) is 14.0. The Morgan fingerprint density at radius 3 is 2.69 bits per heavy atom. The lowest BCUT2D eigenvalue weighted by Crippen LogP contribution is -2.19. The van der Waals surface area contributed by atoms with Crippen LogP contribution in [0.1, 0.15) is 77.6 Å². The minimum atomic E-state index is -0.656. The zero-order valence-electron chi connectivity index (χ0n) is 20.7. The average Bonchev–Trinajstić information content (AvgIpc) is 3.11. The van der Waals surface area contributed by atoms with Gasteiger partial charge in [0, 0.05) is 42.8 Å². The highest BCUT2D eigenvalue weighted by Gasteiger charge is 2.39. The Bertz CT molecular complexity index is 993. The third-order valence-corrected chi connectivity index (χ3v) is 6.81. The second-order valence-corrected chi connectivity index (χ2v) is 9.63. The lowest BCUT2D eigenvalue weighted by molar-refractivity contribution is -0.121. The Morgan fingerprint density at radius 1 is 1.11 bits per heavy atom. The summed E-state index contributed by atoms with van der Waals surface area (Å²) >= 11 is 0. The molecule has 0 spiro atoms. The van der Waals surface area contributed by atoms with Gasteiger partial charge in [-0.25, -0.2) is 0 Å². The number of amides is 1. The summed E-state index contributed by atoms with van der Waals surface area (Å²) in [6.07, 6.45) is 14.5. The van der Waals surface area contributed by atoms with Crippen molar-refractivity contribution in [2.24, 2.45) is 11.8 Å². The molecule has 4 atom stereocenters. The zero-order valence-corrected chi connectivity index (χ0v) is 20.7. The maximum absolute atomic E-state index is 12.4. The van der Waals surface area contributed by atoms with Gasteiger partial charge in [0.1, 0.15) is 5.78 Å². The fourth-order valence-corrected chi connectivity index (χ4v) is 4.82. The van der Waals surface area contributed by atoms with Crippen LogP contribution in [0, 0.1) is 11.8 Å². The summed E-state index contributed by atoms with van der Waals surface area (Å²) in [5.74, 6) is -0.291. The van der Waals surface area contributed by atoms with E-state index >= 15 is 0 Å². The molecule has 0 unspecified atom stereocenters. The van der Waals surface area contributed by atoms with E-state index in [4.69, 9.17) is 0 Å². The van der Waals surface area contributed by atoms with E-state index in [1.807, 2.05) is 24.3 Å². The molecule has 3 rings (SSSR count). The number of hydrogen-bond donors (Lipinski definition) is 3. The first-order valence-corrected chi connectivity index (χ1v) is 13.1. The molecule has 7 heteroatoms. The number of unbranched alkanes of at least 4 members (excludes halogenated alkanes) is 5. The summed E-state index contributed by atoms with van der Waals surface area (Å²) in [5, 5.41) is 23.4. The lowest BCUT2D eigenvalue weighted by atomic mass is 9.88. The fourth-order valence-electron chi connectivity index (χ4n) is 4.82. The SMILES string of the molecule is CCCCC[C@H](O)/C=C/[C@H]1[C@H](O)CC(=O)[C@@H]1CCCCCCC(=O)Nc1ccc2nccnc2c1.